The van der Waals surface area contributed by atoms with Crippen molar-refractivity contribution in [1.29, 1.82) is 5.26 Å². The molecule has 0 saturated carbocycles. The standard InChI is InChI=1S/C33H34N6O4/c1-33(2,3)43-32(41)38-13-10-23(11-14-38)22-42-28-18-36-31(37-19-28)26-6-4-5-25(15-26)20-39-21-27(7-8-30(39)40)29-16-24(17-34)9-12-35-29/h4-9,12,15-16,18-19,21,23H,10-11,13-14,20,22H2,1-3H3. The maximum Gasteiger partial charge on any atom is 0.410 e. The van der Waals surface area contributed by atoms with Crippen LogP contribution in [0.2, 0.25) is 0 Å². The van der Waals surface area contributed by atoms with Gasteiger partial charge in [0.2, 0.25) is 0 Å². The van der Waals surface area contributed by atoms with Crippen LogP contribution in [0.3, 0.4) is 0 Å². The van der Waals surface area contributed by atoms with Gasteiger partial charge in [-0.15, -0.1) is 0 Å². The summed E-state index contributed by atoms with van der Waals surface area (Å²) in [6, 6.07) is 16.4. The molecule has 4 aromatic rings. The van der Waals surface area contributed by atoms with Crippen molar-refractivity contribution in [2.75, 3.05) is 19.7 Å². The maximum atomic E-state index is 12.6. The molecule has 1 aliphatic heterocycles. The molecule has 1 aliphatic rings. The van der Waals surface area contributed by atoms with Crippen LogP contribution in [0.5, 0.6) is 5.75 Å². The first kappa shape index (κ1) is 29.5. The number of nitriles is 1. The number of benzene rings is 1. The molecule has 5 rings (SSSR count). The van der Waals surface area contributed by atoms with Gasteiger partial charge < -0.3 is 18.9 Å². The lowest BCUT2D eigenvalue weighted by molar-refractivity contribution is 0.0165. The third-order valence-corrected chi connectivity index (χ3v) is 7.09. The van der Waals surface area contributed by atoms with Crippen LogP contribution < -0.4 is 10.3 Å². The summed E-state index contributed by atoms with van der Waals surface area (Å²) in [5.41, 5.74) is 2.99. The molecule has 0 N–H and O–H groups in total. The van der Waals surface area contributed by atoms with Crippen molar-refractivity contribution in [2.24, 2.45) is 5.92 Å². The lowest BCUT2D eigenvalue weighted by atomic mass is 9.98. The van der Waals surface area contributed by atoms with E-state index < -0.39 is 5.60 Å². The summed E-state index contributed by atoms with van der Waals surface area (Å²) < 4.78 is 13.1. The topological polar surface area (TPSA) is 123 Å². The highest BCUT2D eigenvalue weighted by molar-refractivity contribution is 5.68. The first-order valence-electron chi connectivity index (χ1n) is 14.3. The first-order chi connectivity index (χ1) is 20.7. The molecule has 1 saturated heterocycles. The van der Waals surface area contributed by atoms with Crippen molar-refractivity contribution < 1.29 is 14.3 Å². The molecule has 3 aromatic heterocycles. The number of nitrogens with zero attached hydrogens (tertiary/aromatic N) is 6. The van der Waals surface area contributed by atoms with Crippen LogP contribution in [-0.2, 0) is 11.3 Å². The number of rotatable bonds is 7. The van der Waals surface area contributed by atoms with E-state index in [2.05, 4.69) is 21.0 Å². The molecule has 0 atom stereocenters. The summed E-state index contributed by atoms with van der Waals surface area (Å²) in [7, 11) is 0. The third kappa shape index (κ3) is 7.83. The number of hydrogen-bond donors (Lipinski definition) is 0. The fourth-order valence-electron chi connectivity index (χ4n) is 4.83. The zero-order valence-corrected chi connectivity index (χ0v) is 24.6. The van der Waals surface area contributed by atoms with Crippen LogP contribution >= 0.6 is 0 Å². The van der Waals surface area contributed by atoms with E-state index in [9.17, 15) is 14.9 Å². The fourth-order valence-corrected chi connectivity index (χ4v) is 4.83. The highest BCUT2D eigenvalue weighted by Gasteiger charge is 2.27. The number of hydrogen-bond acceptors (Lipinski definition) is 8. The van der Waals surface area contributed by atoms with Gasteiger partial charge in [-0.05, 0) is 69.4 Å². The Bertz CT molecular complexity index is 1680. The summed E-state index contributed by atoms with van der Waals surface area (Å²) in [5.74, 6) is 1.48. The SMILES string of the molecule is CC(C)(C)OC(=O)N1CCC(COc2cnc(-c3cccc(Cn4cc(-c5cc(C#N)ccn5)ccc4=O)c3)nc2)CC1. The van der Waals surface area contributed by atoms with Gasteiger partial charge in [0.05, 0.1) is 42.9 Å². The quantitative estimate of drug-likeness (QED) is 0.289. The molecule has 0 radical (unpaired) electrons. The van der Waals surface area contributed by atoms with Crippen molar-refractivity contribution in [1.82, 2.24) is 24.4 Å². The monoisotopic (exact) mass is 578 g/mol. The number of ether oxygens (including phenoxy) is 2. The molecule has 1 fully saturated rings. The number of likely N-dealkylation sites (tertiary alicyclic amines) is 1. The van der Waals surface area contributed by atoms with Crippen LogP contribution in [-0.4, -0.2) is 55.8 Å². The van der Waals surface area contributed by atoms with Gasteiger partial charge in [0.25, 0.3) is 5.56 Å². The van der Waals surface area contributed by atoms with Gasteiger partial charge in [0.1, 0.15) is 5.60 Å². The molecule has 10 heteroatoms. The Labute approximate surface area is 250 Å². The molecule has 1 aromatic carbocycles. The molecule has 4 heterocycles. The highest BCUT2D eigenvalue weighted by Crippen LogP contribution is 2.23. The minimum Gasteiger partial charge on any atom is -0.490 e. The Morgan fingerprint density at radius 3 is 2.51 bits per heavy atom. The Kier molecular flexibility index (Phi) is 8.81. The third-order valence-electron chi connectivity index (χ3n) is 7.09. The lowest BCUT2D eigenvalue weighted by Crippen LogP contribution is -2.42. The average molecular weight is 579 g/mol. The van der Waals surface area contributed by atoms with E-state index >= 15 is 0 Å². The highest BCUT2D eigenvalue weighted by atomic mass is 16.6. The van der Waals surface area contributed by atoms with Gasteiger partial charge in [0, 0.05) is 42.7 Å². The summed E-state index contributed by atoms with van der Waals surface area (Å²) in [6.07, 6.45) is 8.10. The Morgan fingerprint density at radius 2 is 1.79 bits per heavy atom. The van der Waals surface area contributed by atoms with Crippen LogP contribution in [0.25, 0.3) is 22.6 Å². The number of aromatic nitrogens is 4. The fraction of sp³-hybridized carbons (Fsp3) is 0.333. The van der Waals surface area contributed by atoms with E-state index in [1.165, 1.54) is 6.07 Å². The summed E-state index contributed by atoms with van der Waals surface area (Å²) in [6.45, 7) is 7.80. The van der Waals surface area contributed by atoms with Crippen molar-refractivity contribution in [3.8, 4) is 34.5 Å². The number of amides is 1. The van der Waals surface area contributed by atoms with Crippen molar-refractivity contribution >= 4 is 6.09 Å². The van der Waals surface area contributed by atoms with Gasteiger partial charge in [0.15, 0.2) is 11.6 Å². The van der Waals surface area contributed by atoms with E-state index in [1.54, 1.807) is 52.5 Å². The molecule has 0 unspecified atom stereocenters. The zero-order chi connectivity index (χ0) is 30.4. The molecule has 1 amide bonds. The van der Waals surface area contributed by atoms with E-state index in [4.69, 9.17) is 9.47 Å². The zero-order valence-electron chi connectivity index (χ0n) is 24.6. The van der Waals surface area contributed by atoms with Gasteiger partial charge in [-0.2, -0.15) is 5.26 Å². The molecule has 10 nitrogen and oxygen atoms in total. The normalized spacial score (nSPS) is 13.8. The number of carbonyl (C=O) groups excluding carboxylic acids is 1. The predicted molar refractivity (Wildman–Crippen MR) is 161 cm³/mol. The van der Waals surface area contributed by atoms with E-state index in [-0.39, 0.29) is 11.7 Å². The smallest absolute Gasteiger partial charge is 0.410 e. The predicted octanol–water partition coefficient (Wildman–Crippen LogP) is 5.31. The molecule has 0 aliphatic carbocycles. The molecule has 0 bridgehead atoms. The Morgan fingerprint density at radius 1 is 1.02 bits per heavy atom. The summed E-state index contributed by atoms with van der Waals surface area (Å²) in [5, 5.41) is 9.20. The second-order valence-electron chi connectivity index (χ2n) is 11.6. The van der Waals surface area contributed by atoms with E-state index in [1.807, 2.05) is 45.0 Å². The number of piperidine rings is 1. The second-order valence-corrected chi connectivity index (χ2v) is 11.6. The summed E-state index contributed by atoms with van der Waals surface area (Å²) >= 11 is 0. The minimum atomic E-state index is -0.499. The largest absolute Gasteiger partial charge is 0.490 e. The number of pyridine rings is 2. The second kappa shape index (κ2) is 12.9. The molecule has 220 valence electrons. The Hall–Kier alpha value is -5.04. The van der Waals surface area contributed by atoms with Gasteiger partial charge >= 0.3 is 6.09 Å². The average Bonchev–Trinajstić information content (AvgIpc) is 3.01. The van der Waals surface area contributed by atoms with Crippen LogP contribution in [0.4, 0.5) is 4.79 Å². The van der Waals surface area contributed by atoms with Gasteiger partial charge in [-0.3, -0.25) is 9.78 Å². The molecule has 43 heavy (non-hydrogen) atoms. The van der Waals surface area contributed by atoms with Crippen LogP contribution in [0.1, 0.15) is 44.7 Å². The lowest BCUT2D eigenvalue weighted by Gasteiger charge is -2.33. The maximum absolute atomic E-state index is 12.6. The Balaban J connectivity index is 1.18. The molecule has 0 spiro atoms. The number of carbonyl (C=O) groups is 1. The molecular formula is C33H34N6O4. The van der Waals surface area contributed by atoms with Crippen LogP contribution in [0.15, 0.2) is 78.1 Å². The van der Waals surface area contributed by atoms with E-state index in [0.29, 0.717) is 55.0 Å². The van der Waals surface area contributed by atoms with Gasteiger partial charge in [-0.1, -0.05) is 18.2 Å². The van der Waals surface area contributed by atoms with Crippen molar-refractivity contribution in [3.63, 3.8) is 0 Å². The molecular weight excluding hydrogens is 544 g/mol. The van der Waals surface area contributed by atoms with Gasteiger partial charge in [-0.25, -0.2) is 14.8 Å². The van der Waals surface area contributed by atoms with Crippen molar-refractivity contribution in [2.45, 2.75) is 45.8 Å². The van der Waals surface area contributed by atoms with Crippen molar-refractivity contribution in [3.05, 3.63) is 94.8 Å². The van der Waals surface area contributed by atoms with E-state index in [0.717, 1.165) is 29.5 Å². The first-order valence-corrected chi connectivity index (χ1v) is 14.3. The summed E-state index contributed by atoms with van der Waals surface area (Å²) in [4.78, 5) is 40.0. The van der Waals surface area contributed by atoms with Crippen LogP contribution in [0, 0.1) is 17.2 Å². The minimum absolute atomic E-state index is 0.140.